The lowest BCUT2D eigenvalue weighted by Crippen LogP contribution is -2.01. The normalized spacial score (nSPS) is 12.4. The van der Waals surface area contributed by atoms with Crippen molar-refractivity contribution in [3.8, 4) is 0 Å². The van der Waals surface area contributed by atoms with Gasteiger partial charge in [0.15, 0.2) is 0 Å². The minimum Gasteiger partial charge on any atom is -0.0834 e. The van der Waals surface area contributed by atoms with Crippen LogP contribution in [0.2, 0.25) is 0 Å². The van der Waals surface area contributed by atoms with Crippen LogP contribution in [0.3, 0.4) is 0 Å². The van der Waals surface area contributed by atoms with Gasteiger partial charge in [-0.05, 0) is 28.2 Å². The van der Waals surface area contributed by atoms with Crippen LogP contribution >= 0.6 is 0 Å². The Hall–Kier alpha value is -1.56. The van der Waals surface area contributed by atoms with Crippen LogP contribution in [0.4, 0.5) is 0 Å². The second kappa shape index (κ2) is 4.75. The van der Waals surface area contributed by atoms with E-state index in [2.05, 4.69) is 75.4 Å². The van der Waals surface area contributed by atoms with Gasteiger partial charge in [-0.2, -0.15) is 0 Å². The molecule has 0 aliphatic carbocycles. The Morgan fingerprint density at radius 1 is 0.941 bits per heavy atom. The molecular formula is C17H20. The summed E-state index contributed by atoms with van der Waals surface area (Å²) < 4.78 is 0. The number of hydrogen-bond acceptors (Lipinski definition) is 0. The van der Waals surface area contributed by atoms with E-state index in [9.17, 15) is 0 Å². The Morgan fingerprint density at radius 2 is 1.65 bits per heavy atom. The Bertz CT molecular complexity index is 522. The van der Waals surface area contributed by atoms with Crippen LogP contribution in [-0.2, 0) is 0 Å². The number of allylic oxidation sites excluding steroid dienone is 1. The average molecular weight is 224 g/mol. The maximum atomic E-state index is 2.28. The van der Waals surface area contributed by atoms with Crippen LogP contribution < -0.4 is 0 Å². The highest BCUT2D eigenvalue weighted by atomic mass is 14.1. The van der Waals surface area contributed by atoms with E-state index >= 15 is 0 Å². The number of fused-ring (bicyclic) bond motifs is 1. The molecular weight excluding hydrogens is 204 g/mol. The van der Waals surface area contributed by atoms with Crippen molar-refractivity contribution in [2.45, 2.75) is 27.2 Å². The molecule has 0 amide bonds. The summed E-state index contributed by atoms with van der Waals surface area (Å²) in [6, 6.07) is 15.0. The van der Waals surface area contributed by atoms with Crippen molar-refractivity contribution in [2.24, 2.45) is 5.41 Å². The summed E-state index contributed by atoms with van der Waals surface area (Å²) in [6.45, 7) is 6.79. The quantitative estimate of drug-likeness (QED) is 0.650. The summed E-state index contributed by atoms with van der Waals surface area (Å²) in [5.74, 6) is 0. The summed E-state index contributed by atoms with van der Waals surface area (Å²) in [5.41, 5.74) is 1.67. The van der Waals surface area contributed by atoms with Gasteiger partial charge in [-0.15, -0.1) is 0 Å². The first-order chi connectivity index (χ1) is 8.06. The first-order valence-corrected chi connectivity index (χ1v) is 6.21. The van der Waals surface area contributed by atoms with Gasteiger partial charge in [-0.1, -0.05) is 75.4 Å². The largest absolute Gasteiger partial charge is 0.0834 e. The van der Waals surface area contributed by atoms with E-state index < -0.39 is 0 Å². The number of benzene rings is 2. The van der Waals surface area contributed by atoms with E-state index in [-0.39, 0.29) is 0 Å². The van der Waals surface area contributed by atoms with Gasteiger partial charge in [0.05, 0.1) is 0 Å². The standard InChI is InChI=1S/C17H20/c1-17(2,3)13-7-11-15-10-6-9-14-8-4-5-12-16(14)15/h4-12H,13H2,1-3H3/b11-7+. The first-order valence-electron chi connectivity index (χ1n) is 6.21. The van der Waals surface area contributed by atoms with Gasteiger partial charge >= 0.3 is 0 Å². The summed E-state index contributed by atoms with van der Waals surface area (Å²) in [5, 5.41) is 2.64. The molecule has 0 atom stereocenters. The first kappa shape index (κ1) is 11.9. The van der Waals surface area contributed by atoms with Gasteiger partial charge in [0.25, 0.3) is 0 Å². The maximum absolute atomic E-state index is 2.28. The molecule has 0 aliphatic heterocycles. The molecule has 0 radical (unpaired) electrons. The lowest BCUT2D eigenvalue weighted by molar-refractivity contribution is 0.421. The zero-order valence-corrected chi connectivity index (χ0v) is 10.9. The van der Waals surface area contributed by atoms with Gasteiger partial charge in [0.2, 0.25) is 0 Å². The van der Waals surface area contributed by atoms with Crippen LogP contribution in [0.1, 0.15) is 32.8 Å². The molecule has 0 aromatic heterocycles. The van der Waals surface area contributed by atoms with Crippen molar-refractivity contribution in [3.63, 3.8) is 0 Å². The summed E-state index contributed by atoms with van der Waals surface area (Å²) in [7, 11) is 0. The lowest BCUT2D eigenvalue weighted by Gasteiger charge is -2.14. The van der Waals surface area contributed by atoms with Gasteiger partial charge < -0.3 is 0 Å². The van der Waals surface area contributed by atoms with E-state index in [1.807, 2.05) is 0 Å². The van der Waals surface area contributed by atoms with E-state index in [1.54, 1.807) is 0 Å². The lowest BCUT2D eigenvalue weighted by atomic mass is 9.91. The monoisotopic (exact) mass is 224 g/mol. The Balaban J connectivity index is 2.30. The molecule has 2 rings (SSSR count). The third-order valence-corrected chi connectivity index (χ3v) is 2.85. The molecule has 0 heterocycles. The summed E-state index contributed by atoms with van der Waals surface area (Å²) in [4.78, 5) is 0. The highest BCUT2D eigenvalue weighted by Gasteiger charge is 2.06. The van der Waals surface area contributed by atoms with E-state index in [4.69, 9.17) is 0 Å². The molecule has 0 N–H and O–H groups in total. The highest BCUT2D eigenvalue weighted by molar-refractivity contribution is 5.90. The van der Waals surface area contributed by atoms with Crippen molar-refractivity contribution in [2.75, 3.05) is 0 Å². The van der Waals surface area contributed by atoms with Crippen molar-refractivity contribution in [3.05, 3.63) is 54.1 Å². The zero-order valence-electron chi connectivity index (χ0n) is 10.9. The molecule has 17 heavy (non-hydrogen) atoms. The molecule has 0 fully saturated rings. The molecule has 0 aliphatic rings. The van der Waals surface area contributed by atoms with E-state index in [1.165, 1.54) is 16.3 Å². The Labute approximate surface area is 104 Å². The highest BCUT2D eigenvalue weighted by Crippen LogP contribution is 2.22. The molecule has 2 aromatic rings. The molecule has 0 nitrogen and oxygen atoms in total. The minimum absolute atomic E-state index is 0.362. The van der Waals surface area contributed by atoms with Crippen molar-refractivity contribution < 1.29 is 0 Å². The summed E-state index contributed by atoms with van der Waals surface area (Å²) >= 11 is 0. The second-order valence-electron chi connectivity index (χ2n) is 5.74. The fourth-order valence-electron chi connectivity index (χ4n) is 1.94. The smallest absolute Gasteiger partial charge is 0.0112 e. The average Bonchev–Trinajstić information content (AvgIpc) is 2.28. The molecule has 0 saturated heterocycles. The molecule has 0 bridgehead atoms. The van der Waals surface area contributed by atoms with Crippen LogP contribution in [0.5, 0.6) is 0 Å². The van der Waals surface area contributed by atoms with Crippen LogP contribution in [-0.4, -0.2) is 0 Å². The zero-order chi connectivity index (χ0) is 12.3. The summed E-state index contributed by atoms with van der Waals surface area (Å²) in [6.07, 6.45) is 5.63. The number of rotatable bonds is 2. The van der Waals surface area contributed by atoms with E-state index in [0.717, 1.165) is 6.42 Å². The van der Waals surface area contributed by atoms with Crippen LogP contribution in [0.25, 0.3) is 16.8 Å². The van der Waals surface area contributed by atoms with Gasteiger partial charge in [-0.3, -0.25) is 0 Å². The van der Waals surface area contributed by atoms with Gasteiger partial charge in [0.1, 0.15) is 0 Å². The molecule has 0 heteroatoms. The van der Waals surface area contributed by atoms with Crippen molar-refractivity contribution in [1.82, 2.24) is 0 Å². The fraction of sp³-hybridized carbons (Fsp3) is 0.294. The van der Waals surface area contributed by atoms with Crippen molar-refractivity contribution in [1.29, 1.82) is 0 Å². The third-order valence-electron chi connectivity index (χ3n) is 2.85. The maximum Gasteiger partial charge on any atom is -0.0112 e. The second-order valence-corrected chi connectivity index (χ2v) is 5.74. The Morgan fingerprint density at radius 3 is 2.41 bits per heavy atom. The molecule has 0 spiro atoms. The van der Waals surface area contributed by atoms with E-state index in [0.29, 0.717) is 5.41 Å². The minimum atomic E-state index is 0.362. The van der Waals surface area contributed by atoms with Crippen LogP contribution in [0, 0.1) is 5.41 Å². The topological polar surface area (TPSA) is 0 Å². The SMILES string of the molecule is CC(C)(C)C/C=C/c1cccc2ccccc12. The molecule has 0 saturated carbocycles. The molecule has 0 unspecified atom stereocenters. The molecule has 88 valence electrons. The van der Waals surface area contributed by atoms with Gasteiger partial charge in [0, 0.05) is 0 Å². The fourth-order valence-corrected chi connectivity index (χ4v) is 1.94. The third kappa shape index (κ3) is 3.20. The van der Waals surface area contributed by atoms with Crippen LogP contribution in [0.15, 0.2) is 48.5 Å². The predicted molar refractivity (Wildman–Crippen MR) is 77.1 cm³/mol. The number of hydrogen-bond donors (Lipinski definition) is 0. The van der Waals surface area contributed by atoms with Gasteiger partial charge in [-0.25, -0.2) is 0 Å². The van der Waals surface area contributed by atoms with Crippen molar-refractivity contribution >= 4 is 16.8 Å². The Kier molecular flexibility index (Phi) is 3.33. The molecule has 2 aromatic carbocycles. The predicted octanol–water partition coefficient (Wildman–Crippen LogP) is 5.29.